The first-order chi connectivity index (χ1) is 27.5. The molecule has 6 aliphatic rings. The Kier molecular flexibility index (Phi) is 9.63. The Balaban J connectivity index is 0.806. The molecule has 0 spiro atoms. The Morgan fingerprint density at radius 3 is 2.53 bits per heavy atom. The third kappa shape index (κ3) is 6.98. The summed E-state index contributed by atoms with van der Waals surface area (Å²) >= 11 is 0. The second kappa shape index (κ2) is 14.8. The maximum atomic E-state index is 13.3. The van der Waals surface area contributed by atoms with Gasteiger partial charge in [-0.25, -0.2) is 9.97 Å². The van der Waals surface area contributed by atoms with Crippen molar-refractivity contribution in [1.82, 2.24) is 34.9 Å². The van der Waals surface area contributed by atoms with Gasteiger partial charge in [-0.1, -0.05) is 6.07 Å². The highest BCUT2D eigenvalue weighted by Gasteiger charge is 2.45. The third-order valence-electron chi connectivity index (χ3n) is 12.4. The molecule has 5 amide bonds. The van der Waals surface area contributed by atoms with Crippen LogP contribution >= 0.6 is 0 Å². The van der Waals surface area contributed by atoms with Crippen LogP contribution in [0.4, 0.5) is 23.0 Å². The van der Waals surface area contributed by atoms with E-state index in [4.69, 9.17) is 10.7 Å². The van der Waals surface area contributed by atoms with E-state index < -0.39 is 41.9 Å². The van der Waals surface area contributed by atoms with E-state index in [0.717, 1.165) is 87.9 Å². The minimum absolute atomic E-state index is 0.0801. The lowest BCUT2D eigenvalue weighted by atomic mass is 9.94. The van der Waals surface area contributed by atoms with E-state index in [2.05, 4.69) is 47.3 Å². The summed E-state index contributed by atoms with van der Waals surface area (Å²) in [4.78, 5) is 84.1. The molecule has 17 heteroatoms. The Bertz CT molecular complexity index is 2160. The fourth-order valence-electron chi connectivity index (χ4n) is 9.26. The summed E-state index contributed by atoms with van der Waals surface area (Å²) in [5, 5.41) is 16.2. The van der Waals surface area contributed by atoms with Crippen molar-refractivity contribution in [3.8, 4) is 0 Å². The van der Waals surface area contributed by atoms with Gasteiger partial charge in [-0.05, 0) is 74.2 Å². The van der Waals surface area contributed by atoms with Gasteiger partial charge in [0, 0.05) is 88.7 Å². The molecule has 2 aromatic carbocycles. The molecule has 5 N–H and O–H groups in total. The molecular weight excluding hydrogens is 731 g/mol. The van der Waals surface area contributed by atoms with E-state index >= 15 is 0 Å². The third-order valence-corrected chi connectivity index (χ3v) is 12.4. The molecule has 0 radical (unpaired) electrons. The van der Waals surface area contributed by atoms with E-state index in [-0.39, 0.29) is 30.1 Å². The Labute approximate surface area is 329 Å². The van der Waals surface area contributed by atoms with Crippen LogP contribution in [0.1, 0.15) is 68.0 Å². The molecule has 17 nitrogen and oxygen atoms in total. The van der Waals surface area contributed by atoms with Crippen molar-refractivity contribution in [3.63, 3.8) is 0 Å². The van der Waals surface area contributed by atoms with E-state index in [1.54, 1.807) is 18.3 Å². The largest absolute Gasteiger partial charge is 0.371 e. The van der Waals surface area contributed by atoms with E-state index in [9.17, 15) is 29.1 Å². The molecule has 0 aliphatic carbocycles. The summed E-state index contributed by atoms with van der Waals surface area (Å²) in [5.41, 5.74) is 10.5. The molecule has 1 aromatic heterocycles. The number of imide groups is 2. The Morgan fingerprint density at radius 1 is 0.930 bits per heavy atom. The van der Waals surface area contributed by atoms with Crippen LogP contribution in [0.15, 0.2) is 42.6 Å². The van der Waals surface area contributed by atoms with Gasteiger partial charge >= 0.3 is 0 Å². The van der Waals surface area contributed by atoms with E-state index in [1.165, 1.54) is 11.1 Å². The molecule has 4 fully saturated rings. The number of aromatic nitrogens is 2. The number of piperidine rings is 2. The van der Waals surface area contributed by atoms with Crippen LogP contribution in [0.5, 0.6) is 0 Å². The van der Waals surface area contributed by atoms with Gasteiger partial charge in [0.25, 0.3) is 17.7 Å². The normalized spacial score (nSPS) is 24.7. The highest BCUT2D eigenvalue weighted by molar-refractivity contribution is 6.23. The van der Waals surface area contributed by atoms with Crippen LogP contribution in [-0.4, -0.2) is 142 Å². The van der Waals surface area contributed by atoms with E-state index in [0.29, 0.717) is 29.7 Å². The van der Waals surface area contributed by atoms with Gasteiger partial charge < -0.3 is 26.0 Å². The molecule has 298 valence electrons. The number of fused-ring (bicyclic) bond motifs is 2. The summed E-state index contributed by atoms with van der Waals surface area (Å²) in [7, 11) is 1.93. The second-order valence-corrected chi connectivity index (χ2v) is 16.1. The molecule has 57 heavy (non-hydrogen) atoms. The number of nitrogens with two attached hydrogens (primary N) is 1. The summed E-state index contributed by atoms with van der Waals surface area (Å²) in [6.07, 6.45) is 4.04. The van der Waals surface area contributed by atoms with Crippen LogP contribution in [-0.2, 0) is 22.6 Å². The van der Waals surface area contributed by atoms with Gasteiger partial charge in [0.2, 0.25) is 11.8 Å². The molecule has 0 bridgehead atoms. The van der Waals surface area contributed by atoms with Gasteiger partial charge in [-0.3, -0.25) is 48.9 Å². The number of primary amides is 1. The van der Waals surface area contributed by atoms with Crippen molar-refractivity contribution >= 4 is 52.5 Å². The molecule has 6 aliphatic heterocycles. The quantitative estimate of drug-likeness (QED) is 0.222. The van der Waals surface area contributed by atoms with Crippen molar-refractivity contribution in [3.05, 3.63) is 70.5 Å². The smallest absolute Gasteiger partial charge is 0.271 e. The van der Waals surface area contributed by atoms with Crippen LogP contribution in [0.25, 0.3) is 0 Å². The summed E-state index contributed by atoms with van der Waals surface area (Å²) in [5.74, 6) is -1.25. The predicted molar refractivity (Wildman–Crippen MR) is 209 cm³/mol. The first-order valence-electron chi connectivity index (χ1n) is 19.8. The number of aliphatic hydroxyl groups excluding tert-OH is 1. The zero-order chi connectivity index (χ0) is 39.5. The molecule has 0 saturated carbocycles. The molecule has 3 aromatic rings. The number of aliphatic hydroxyl groups is 1. The molecule has 3 atom stereocenters. The van der Waals surface area contributed by atoms with Gasteiger partial charge in [0.15, 0.2) is 17.9 Å². The maximum absolute atomic E-state index is 13.3. The fourth-order valence-corrected chi connectivity index (χ4v) is 9.26. The maximum Gasteiger partial charge on any atom is 0.271 e. The lowest BCUT2D eigenvalue weighted by molar-refractivity contribution is -0.136. The van der Waals surface area contributed by atoms with Crippen LogP contribution in [0.2, 0.25) is 0 Å². The lowest BCUT2D eigenvalue weighted by Gasteiger charge is -2.44. The van der Waals surface area contributed by atoms with Gasteiger partial charge in [-0.15, -0.1) is 0 Å². The summed E-state index contributed by atoms with van der Waals surface area (Å²) in [6, 6.07) is 10.7. The van der Waals surface area contributed by atoms with Crippen molar-refractivity contribution in [2.24, 2.45) is 11.7 Å². The highest BCUT2D eigenvalue weighted by atomic mass is 16.3. The zero-order valence-electron chi connectivity index (χ0n) is 31.9. The lowest BCUT2D eigenvalue weighted by Crippen LogP contribution is -2.54. The molecule has 4 saturated heterocycles. The number of hydrogen-bond donors (Lipinski definition) is 4. The number of nitrogens with zero attached hydrogens (tertiary/aromatic N) is 8. The van der Waals surface area contributed by atoms with Crippen molar-refractivity contribution in [2.45, 2.75) is 57.1 Å². The van der Waals surface area contributed by atoms with Gasteiger partial charge in [-0.2, -0.15) is 0 Å². The van der Waals surface area contributed by atoms with Crippen LogP contribution < -0.4 is 26.2 Å². The van der Waals surface area contributed by atoms with Gasteiger partial charge in [0.1, 0.15) is 11.9 Å². The number of likely N-dealkylation sites (N-methyl/N-ethyl adjacent to an activating group) is 1. The number of nitrogens with one attached hydrogen (secondary N) is 2. The van der Waals surface area contributed by atoms with Crippen molar-refractivity contribution in [2.75, 3.05) is 74.5 Å². The second-order valence-electron chi connectivity index (χ2n) is 16.1. The summed E-state index contributed by atoms with van der Waals surface area (Å²) < 4.78 is 0. The molecule has 7 heterocycles. The topological polar surface area (TPSA) is 201 Å². The highest BCUT2D eigenvalue weighted by Crippen LogP contribution is 2.34. The zero-order valence-corrected chi connectivity index (χ0v) is 31.9. The summed E-state index contributed by atoms with van der Waals surface area (Å²) in [6.45, 7) is 7.43. The first kappa shape index (κ1) is 37.1. The number of anilines is 4. The number of hydrogen-bond acceptors (Lipinski definition) is 14. The Hall–Kier alpha value is -5.49. The number of carbonyl (C=O) groups is 5. The standard InChI is InChI=1S/C40H47N11O6/c1-46-13-14-50(40(46)57)28-3-2-11-48(22-28)32-17-42-34(35(41)53)36(44-32)43-26-5-4-25-21-47(12-10-24(25)15-26)18-23-19-49(20-23)27-6-7-29-30(16-27)39(56)51(38(29)55)31-8-9-33(52)45-37(31)54/h4-7,15-17,23,28,31,40,57H,2-3,8-14,18-22H2,1H3,(H2,41,53)(H,43,44)(H,45,52,54)/t28-,31?,40?/m0/s1. The average Bonchev–Trinajstić information content (AvgIpc) is 3.65. The first-order valence-corrected chi connectivity index (χ1v) is 19.8. The minimum Gasteiger partial charge on any atom is -0.371 e. The predicted octanol–water partition coefficient (Wildman–Crippen LogP) is 0.707. The molecule has 9 rings (SSSR count). The van der Waals surface area contributed by atoms with Crippen LogP contribution in [0.3, 0.4) is 0 Å². The average molecular weight is 778 g/mol. The number of rotatable bonds is 9. The SMILES string of the molecule is CN1CCN([C@H]2CCCN(c3cnc(C(N)=O)c(Nc4ccc5c(c4)CCN(CC4CN(c6ccc7c(c6)C(=O)N(C6CCC(=O)NC6=O)C7=O)C4)C5)n3)C2)C1O. The number of amides is 5. The van der Waals surface area contributed by atoms with Gasteiger partial charge in [0.05, 0.1) is 17.3 Å². The van der Waals surface area contributed by atoms with E-state index in [1.807, 2.05) is 24.1 Å². The minimum atomic E-state index is -0.983. The Morgan fingerprint density at radius 2 is 1.75 bits per heavy atom. The van der Waals surface area contributed by atoms with Crippen molar-refractivity contribution < 1.29 is 29.1 Å². The van der Waals surface area contributed by atoms with Crippen molar-refractivity contribution in [1.29, 1.82) is 0 Å². The van der Waals surface area contributed by atoms with Crippen LogP contribution in [0, 0.1) is 5.92 Å². The number of benzene rings is 2. The monoisotopic (exact) mass is 777 g/mol. The molecule has 2 unspecified atom stereocenters. The number of carbonyl (C=O) groups excluding carboxylic acids is 5. The molecular formula is C40H47N11O6. The fraction of sp³-hybridized carbons (Fsp3) is 0.475.